The van der Waals surface area contributed by atoms with Crippen LogP contribution in [0.2, 0.25) is 10.0 Å². The number of fused-ring (bicyclic) bond motifs is 3. The number of anilines is 2. The number of sulfonamides is 1. The molecule has 6 nitrogen and oxygen atoms in total. The standard InChI is InChI=1S/C27H26Cl2N2O4S/c1-15(2)26(32)17-5-3-16(4-6-17)25-20-11-12-35-27(20)21-14-19(8-10-24(21)30-25)36(33,34)31-18-7-9-22(28)23(29)13-18/h3-10,13-15,20,25,27,30-31H,11-12H2,1-2H3. The first-order valence-electron chi connectivity index (χ1n) is 11.8. The monoisotopic (exact) mass is 544 g/mol. The van der Waals surface area contributed by atoms with E-state index in [-0.39, 0.29) is 39.7 Å². The topological polar surface area (TPSA) is 84.5 Å². The van der Waals surface area contributed by atoms with Crippen molar-refractivity contribution in [3.63, 3.8) is 0 Å². The molecule has 1 saturated heterocycles. The number of hydrogen-bond donors (Lipinski definition) is 2. The number of rotatable bonds is 6. The molecule has 188 valence electrons. The Morgan fingerprint density at radius 2 is 1.78 bits per heavy atom. The van der Waals surface area contributed by atoms with Crippen molar-refractivity contribution in [2.75, 3.05) is 16.6 Å². The Morgan fingerprint density at radius 3 is 2.47 bits per heavy atom. The Morgan fingerprint density at radius 1 is 1.03 bits per heavy atom. The van der Waals surface area contributed by atoms with Gasteiger partial charge < -0.3 is 10.1 Å². The highest BCUT2D eigenvalue weighted by atomic mass is 35.5. The van der Waals surface area contributed by atoms with Crippen LogP contribution in [0.5, 0.6) is 0 Å². The highest BCUT2D eigenvalue weighted by Gasteiger charge is 2.42. The smallest absolute Gasteiger partial charge is 0.261 e. The van der Waals surface area contributed by atoms with Gasteiger partial charge >= 0.3 is 0 Å². The lowest BCUT2D eigenvalue weighted by Crippen LogP contribution is -2.29. The lowest BCUT2D eigenvalue weighted by molar-refractivity contribution is 0.0827. The number of ketones is 1. The molecule has 0 amide bonds. The van der Waals surface area contributed by atoms with Crippen molar-refractivity contribution in [2.24, 2.45) is 11.8 Å². The fourth-order valence-corrected chi connectivity index (χ4v) is 6.29. The third-order valence-electron chi connectivity index (χ3n) is 6.77. The van der Waals surface area contributed by atoms with Crippen LogP contribution in [-0.2, 0) is 14.8 Å². The van der Waals surface area contributed by atoms with Crippen LogP contribution in [0.1, 0.15) is 53.9 Å². The van der Waals surface area contributed by atoms with E-state index in [0.717, 1.165) is 23.2 Å². The molecule has 0 bridgehead atoms. The number of carbonyl (C=O) groups excluding carboxylic acids is 1. The molecule has 3 aromatic rings. The second-order valence-corrected chi connectivity index (χ2v) is 12.0. The van der Waals surface area contributed by atoms with Crippen LogP contribution < -0.4 is 10.0 Å². The van der Waals surface area contributed by atoms with Gasteiger partial charge in [0.25, 0.3) is 10.0 Å². The van der Waals surface area contributed by atoms with Crippen molar-refractivity contribution in [3.05, 3.63) is 87.4 Å². The number of nitrogens with one attached hydrogen (secondary N) is 2. The molecule has 3 unspecified atom stereocenters. The Kier molecular flexibility index (Phi) is 6.76. The summed E-state index contributed by atoms with van der Waals surface area (Å²) in [5, 5.41) is 4.20. The summed E-state index contributed by atoms with van der Waals surface area (Å²) < 4.78 is 34.9. The molecule has 5 rings (SSSR count). The van der Waals surface area contributed by atoms with Crippen LogP contribution in [-0.4, -0.2) is 20.8 Å². The number of Topliss-reactive ketones (excluding diaryl/α,β-unsaturated/α-hetero) is 1. The zero-order chi connectivity index (χ0) is 25.6. The average molecular weight is 545 g/mol. The molecule has 2 N–H and O–H groups in total. The maximum absolute atomic E-state index is 13.1. The first-order valence-corrected chi connectivity index (χ1v) is 14.0. The van der Waals surface area contributed by atoms with E-state index in [9.17, 15) is 13.2 Å². The predicted molar refractivity (Wildman–Crippen MR) is 142 cm³/mol. The highest BCUT2D eigenvalue weighted by Crippen LogP contribution is 2.50. The minimum absolute atomic E-state index is 0.00927. The second-order valence-electron chi connectivity index (χ2n) is 9.49. The third-order valence-corrected chi connectivity index (χ3v) is 8.88. The van der Waals surface area contributed by atoms with Crippen LogP contribution in [0.25, 0.3) is 0 Å². The molecule has 9 heteroatoms. The summed E-state index contributed by atoms with van der Waals surface area (Å²) >= 11 is 12.0. The van der Waals surface area contributed by atoms with Gasteiger partial charge in [0.1, 0.15) is 0 Å². The van der Waals surface area contributed by atoms with Crippen molar-refractivity contribution in [3.8, 4) is 0 Å². The predicted octanol–water partition coefficient (Wildman–Crippen LogP) is 6.88. The first kappa shape index (κ1) is 25.1. The molecule has 0 aliphatic carbocycles. The van der Waals surface area contributed by atoms with Gasteiger partial charge in [-0.2, -0.15) is 0 Å². The van der Waals surface area contributed by atoms with Crippen LogP contribution in [0, 0.1) is 11.8 Å². The summed E-state index contributed by atoms with van der Waals surface area (Å²) in [5.41, 5.74) is 3.75. The van der Waals surface area contributed by atoms with E-state index >= 15 is 0 Å². The van der Waals surface area contributed by atoms with Crippen molar-refractivity contribution in [2.45, 2.75) is 37.3 Å². The Hall–Kier alpha value is -2.58. The summed E-state index contributed by atoms with van der Waals surface area (Å²) in [6.07, 6.45) is 0.607. The van der Waals surface area contributed by atoms with E-state index in [1.807, 2.05) is 38.1 Å². The van der Waals surface area contributed by atoms with Gasteiger partial charge in [0.15, 0.2) is 5.78 Å². The van der Waals surface area contributed by atoms with Crippen molar-refractivity contribution in [1.82, 2.24) is 0 Å². The molecule has 2 aliphatic heterocycles. The van der Waals surface area contributed by atoms with E-state index in [1.54, 1.807) is 30.3 Å². The van der Waals surface area contributed by atoms with Gasteiger partial charge in [0.05, 0.1) is 32.8 Å². The molecular weight excluding hydrogens is 519 g/mol. The maximum Gasteiger partial charge on any atom is 0.261 e. The van der Waals surface area contributed by atoms with Gasteiger partial charge in [-0.25, -0.2) is 8.42 Å². The third kappa shape index (κ3) is 4.73. The molecule has 0 spiro atoms. The molecule has 0 saturated carbocycles. The van der Waals surface area contributed by atoms with Gasteiger partial charge in [-0.1, -0.05) is 61.3 Å². The summed E-state index contributed by atoms with van der Waals surface area (Å²) in [5.74, 6) is 0.193. The zero-order valence-electron chi connectivity index (χ0n) is 19.8. The number of hydrogen-bond acceptors (Lipinski definition) is 5. The number of carbonyl (C=O) groups is 1. The largest absolute Gasteiger partial charge is 0.378 e. The zero-order valence-corrected chi connectivity index (χ0v) is 22.1. The van der Waals surface area contributed by atoms with Crippen molar-refractivity contribution >= 4 is 50.4 Å². The first-order chi connectivity index (χ1) is 17.1. The lowest BCUT2D eigenvalue weighted by atomic mass is 9.81. The molecule has 3 aromatic carbocycles. The van der Waals surface area contributed by atoms with Crippen LogP contribution >= 0.6 is 23.2 Å². The Labute approximate surface area is 221 Å². The highest BCUT2D eigenvalue weighted by molar-refractivity contribution is 7.92. The summed E-state index contributed by atoms with van der Waals surface area (Å²) in [7, 11) is -3.86. The molecule has 0 radical (unpaired) electrons. The minimum atomic E-state index is -3.86. The molecule has 2 heterocycles. The maximum atomic E-state index is 13.1. The fourth-order valence-electron chi connectivity index (χ4n) is 4.91. The SMILES string of the molecule is CC(C)C(=O)c1ccc(C2Nc3ccc(S(=O)(=O)Nc4ccc(Cl)c(Cl)c4)cc3C3OCCC23)cc1. The average Bonchev–Trinajstić information content (AvgIpc) is 3.35. The number of halogens is 2. The normalized spacial score (nSPS) is 21.0. The Balaban J connectivity index is 1.43. The second kappa shape index (κ2) is 9.71. The molecule has 2 aliphatic rings. The van der Waals surface area contributed by atoms with Crippen molar-refractivity contribution < 1.29 is 17.9 Å². The molecular formula is C27H26Cl2N2O4S. The van der Waals surface area contributed by atoms with Crippen LogP contribution in [0.4, 0.5) is 11.4 Å². The van der Waals surface area contributed by atoms with Crippen molar-refractivity contribution in [1.29, 1.82) is 0 Å². The minimum Gasteiger partial charge on any atom is -0.378 e. The van der Waals surface area contributed by atoms with Crippen LogP contribution in [0.15, 0.2) is 65.6 Å². The number of benzene rings is 3. The molecule has 0 aromatic heterocycles. The van der Waals surface area contributed by atoms with E-state index in [4.69, 9.17) is 27.9 Å². The van der Waals surface area contributed by atoms with E-state index in [1.165, 1.54) is 6.07 Å². The van der Waals surface area contributed by atoms with E-state index in [0.29, 0.717) is 22.9 Å². The molecule has 3 atom stereocenters. The van der Waals surface area contributed by atoms with E-state index in [2.05, 4.69) is 10.0 Å². The van der Waals surface area contributed by atoms with Gasteiger partial charge in [-0.3, -0.25) is 9.52 Å². The molecule has 36 heavy (non-hydrogen) atoms. The molecule has 1 fully saturated rings. The quantitative estimate of drug-likeness (QED) is 0.330. The fraction of sp³-hybridized carbons (Fsp3) is 0.296. The summed E-state index contributed by atoms with van der Waals surface area (Å²) in [4.78, 5) is 12.5. The van der Waals surface area contributed by atoms with Gasteiger partial charge in [-0.15, -0.1) is 0 Å². The Bertz CT molecular complexity index is 1420. The van der Waals surface area contributed by atoms with Crippen LogP contribution in [0.3, 0.4) is 0 Å². The summed E-state index contributed by atoms with van der Waals surface area (Å²) in [6, 6.07) is 17.3. The van der Waals surface area contributed by atoms with Gasteiger partial charge in [0, 0.05) is 35.3 Å². The van der Waals surface area contributed by atoms with Gasteiger partial charge in [-0.05, 0) is 48.4 Å². The summed E-state index contributed by atoms with van der Waals surface area (Å²) in [6.45, 7) is 4.38. The van der Waals surface area contributed by atoms with E-state index < -0.39 is 10.0 Å². The number of ether oxygens (including phenoxy) is 1. The van der Waals surface area contributed by atoms with Gasteiger partial charge in [0.2, 0.25) is 0 Å². The lowest BCUT2D eigenvalue weighted by Gasteiger charge is -2.36.